The van der Waals surface area contributed by atoms with Gasteiger partial charge < -0.3 is 61.4 Å². The molecule has 18 heteroatoms. The molecule has 15 nitrogen and oxygen atoms in total. The van der Waals surface area contributed by atoms with Crippen LogP contribution in [0.15, 0.2) is 0 Å². The number of carbonyl (C=O) groups is 1. The molecule has 0 aromatic heterocycles. The maximum atomic E-state index is 9.00. The number of amides is 2. The number of carbonyl (C=O) groups excluding carboxylic acids is 1. The number of primary amides is 2. The Balaban J connectivity index is -0.000000138. The van der Waals surface area contributed by atoms with Gasteiger partial charge in [0, 0.05) is 10.4 Å². The first-order valence-corrected chi connectivity index (χ1v) is 12.9. The van der Waals surface area contributed by atoms with Crippen LogP contribution in [0.3, 0.4) is 0 Å². The van der Waals surface area contributed by atoms with Crippen molar-refractivity contribution in [2.45, 2.75) is 0 Å². The van der Waals surface area contributed by atoms with Crippen molar-refractivity contribution < 1.29 is 63.2 Å². The van der Waals surface area contributed by atoms with Gasteiger partial charge in [-0.15, -0.1) is 0 Å². The number of aliphatic hydroxyl groups is 8. The largest absolute Gasteiger partial charge is 0.759 e. The number of urea groups is 1. The number of aliphatic hydroxyl groups excluding tert-OH is 8. The fourth-order valence-electron chi connectivity index (χ4n) is 0.537. The molecule has 0 heterocycles. The Labute approximate surface area is 157 Å². The van der Waals surface area contributed by atoms with E-state index in [0.29, 0.717) is 0 Å². The molecule has 0 aliphatic carbocycles. The molecule has 0 rings (SSSR count). The fourth-order valence-corrected chi connectivity index (χ4v) is 1.61. The molecule has 0 saturated heterocycles. The van der Waals surface area contributed by atoms with Crippen LogP contribution in [0.5, 0.6) is 0 Å². The minimum absolute atomic E-state index is 0.295. The smallest absolute Gasteiger partial charge is 0.309 e. The fraction of sp³-hybridized carbons (Fsp3) is 0.889. The average molecular weight is 466 g/mol. The van der Waals surface area contributed by atoms with Crippen molar-refractivity contribution in [2.24, 2.45) is 11.5 Å². The Morgan fingerprint density at radius 3 is 0.704 bits per heavy atom. The third-order valence-electron chi connectivity index (χ3n) is 2.40. The summed E-state index contributed by atoms with van der Waals surface area (Å²) in [7, 11) is -9.56. The number of rotatable bonds is 8. The third kappa shape index (κ3) is 25.7. The Bertz CT molecular complexity index is 378. The van der Waals surface area contributed by atoms with E-state index in [1.165, 1.54) is 0 Å². The minimum Gasteiger partial charge on any atom is -0.759 e. The van der Waals surface area contributed by atoms with Crippen LogP contribution in [0, 0.1) is 0 Å². The van der Waals surface area contributed by atoms with Crippen LogP contribution in [0.1, 0.15) is 0 Å². The van der Waals surface area contributed by atoms with Crippen LogP contribution >= 0.6 is 14.5 Å². The molecular formula is C9H28N2O13P2S. The van der Waals surface area contributed by atoms with Crippen molar-refractivity contribution >= 4 is 31.0 Å². The monoisotopic (exact) mass is 466 g/mol. The van der Waals surface area contributed by atoms with Gasteiger partial charge in [-0.25, -0.2) is 4.79 Å². The minimum atomic E-state index is -5.17. The first-order valence-electron chi connectivity index (χ1n) is 6.51. The average Bonchev–Trinajstić information content (AvgIpc) is 2.59. The third-order valence-corrected chi connectivity index (χ3v) is 7.20. The topological polar surface area (TPSA) is 311 Å². The zero-order chi connectivity index (χ0) is 22.7. The van der Waals surface area contributed by atoms with Gasteiger partial charge in [0.05, 0.1) is 0 Å². The maximum Gasteiger partial charge on any atom is 0.309 e. The summed E-state index contributed by atoms with van der Waals surface area (Å²) in [4.78, 5) is 9.00. The van der Waals surface area contributed by atoms with Crippen LogP contribution in [-0.2, 0) is 10.4 Å². The zero-order valence-electron chi connectivity index (χ0n) is 14.2. The first-order chi connectivity index (χ1) is 12.2. The predicted octanol–water partition coefficient (Wildman–Crippen LogP) is -4.71. The normalized spacial score (nSPS) is 11.0. The molecule has 0 aliphatic rings. The van der Waals surface area contributed by atoms with Crippen LogP contribution in [0.2, 0.25) is 0 Å². The van der Waals surface area contributed by atoms with Gasteiger partial charge in [0.2, 0.25) is 0 Å². The molecule has 0 aromatic carbocycles. The summed E-state index contributed by atoms with van der Waals surface area (Å²) in [5, 5.41) is 68.4. The first kappa shape index (κ1) is 34.2. The van der Waals surface area contributed by atoms with E-state index in [4.69, 9.17) is 63.2 Å². The molecule has 168 valence electrons. The molecule has 27 heavy (non-hydrogen) atoms. The maximum absolute atomic E-state index is 9.00. The van der Waals surface area contributed by atoms with E-state index in [2.05, 4.69) is 11.5 Å². The van der Waals surface area contributed by atoms with E-state index < -0.39 is 31.0 Å². The van der Waals surface area contributed by atoms with E-state index in [0.717, 1.165) is 0 Å². The zero-order valence-corrected chi connectivity index (χ0v) is 16.8. The summed E-state index contributed by atoms with van der Waals surface area (Å²) in [6.45, 7) is 0. The predicted molar refractivity (Wildman–Crippen MR) is 94.8 cm³/mol. The quantitative estimate of drug-likeness (QED) is 0.0914. The van der Waals surface area contributed by atoms with Gasteiger partial charge in [0.25, 0.3) is 0 Å². The molecule has 0 radical (unpaired) electrons. The lowest BCUT2D eigenvalue weighted by Gasteiger charge is -2.15. The number of nitrogens with two attached hydrogens (primary N) is 2. The lowest BCUT2D eigenvalue weighted by Crippen LogP contribution is -2.18. The van der Waals surface area contributed by atoms with E-state index in [9.17, 15) is 0 Å². The Morgan fingerprint density at radius 2 is 0.704 bits per heavy atom. The summed E-state index contributed by atoms with van der Waals surface area (Å²) >= 11 is 0. The summed E-state index contributed by atoms with van der Waals surface area (Å²) < 4.78 is 34.1. The van der Waals surface area contributed by atoms with Crippen molar-refractivity contribution in [3.05, 3.63) is 0 Å². The van der Waals surface area contributed by atoms with Gasteiger partial charge in [0.15, 0.2) is 50.8 Å². The van der Waals surface area contributed by atoms with Gasteiger partial charge in [-0.1, -0.05) is 0 Å². The van der Waals surface area contributed by atoms with Gasteiger partial charge in [0.1, 0.15) is 14.5 Å². The highest BCUT2D eigenvalue weighted by Crippen LogP contribution is 2.55. The second-order valence-electron chi connectivity index (χ2n) is 4.63. The lowest BCUT2D eigenvalue weighted by atomic mass is 11.2. The molecule has 0 spiro atoms. The molecule has 0 atom stereocenters. The number of hydrogen-bond acceptors (Lipinski definition) is 13. The molecule has 0 bridgehead atoms. The van der Waals surface area contributed by atoms with Crippen LogP contribution in [0.25, 0.3) is 0 Å². The van der Waals surface area contributed by atoms with Crippen molar-refractivity contribution in [1.82, 2.24) is 0 Å². The Hall–Kier alpha value is -0.320. The van der Waals surface area contributed by atoms with Gasteiger partial charge in [-0.05, 0) is 0 Å². The van der Waals surface area contributed by atoms with Crippen LogP contribution in [0.4, 0.5) is 4.79 Å². The second kappa shape index (κ2) is 19.0. The van der Waals surface area contributed by atoms with E-state index in [-0.39, 0.29) is 50.8 Å². The SMILES string of the molecule is NC(N)=O.O=S(=O)([O-])[O-].OC[P+](CO)(CO)CO.OC[P+](CO)(CO)CO. The van der Waals surface area contributed by atoms with Crippen LogP contribution < -0.4 is 11.5 Å². The van der Waals surface area contributed by atoms with Gasteiger partial charge >= 0.3 is 6.03 Å². The summed E-state index contributed by atoms with van der Waals surface area (Å²) in [5.41, 5.74) is 8.50. The molecule has 12 N–H and O–H groups in total. The summed E-state index contributed by atoms with van der Waals surface area (Å²) in [6.07, 6.45) is -2.36. The van der Waals surface area contributed by atoms with Crippen molar-refractivity contribution in [1.29, 1.82) is 0 Å². The molecule has 2 amide bonds. The molecule has 0 unspecified atom stereocenters. The standard InChI is InChI=1S/2C4H12O4P.CH4N2O.H2O4S/c2*5-1-9(2-6,3-7)4-8;2-1(3)4;1-5(2,3)4/h2*5-8H,1-4H2;(H4,2,3,4);(H2,1,2,3,4)/q2*+1;;/p-2. The molecule has 0 aliphatic heterocycles. The van der Waals surface area contributed by atoms with Crippen molar-refractivity contribution in [3.63, 3.8) is 0 Å². The highest BCUT2D eigenvalue weighted by atomic mass is 32.3. The van der Waals surface area contributed by atoms with E-state index in [1.54, 1.807) is 0 Å². The summed E-state index contributed by atoms with van der Waals surface area (Å²) in [6, 6.07) is -0.833. The van der Waals surface area contributed by atoms with Crippen LogP contribution in [-0.4, -0.2) is 115 Å². The molecule has 0 aromatic rings. The summed E-state index contributed by atoms with van der Waals surface area (Å²) in [5.74, 6) is 0. The number of hydrogen-bond donors (Lipinski definition) is 10. The Kier molecular flexibility index (Phi) is 24.1. The molecular weight excluding hydrogens is 438 g/mol. The highest BCUT2D eigenvalue weighted by Gasteiger charge is 2.35. The van der Waals surface area contributed by atoms with E-state index >= 15 is 0 Å². The highest BCUT2D eigenvalue weighted by molar-refractivity contribution is 7.79. The van der Waals surface area contributed by atoms with Gasteiger partial charge in [-0.2, -0.15) is 0 Å². The lowest BCUT2D eigenvalue weighted by molar-refractivity contribution is 0.256. The van der Waals surface area contributed by atoms with Gasteiger partial charge in [-0.3, -0.25) is 8.42 Å². The molecule has 0 saturated carbocycles. The van der Waals surface area contributed by atoms with Crippen molar-refractivity contribution in [3.8, 4) is 0 Å². The Morgan fingerprint density at radius 1 is 0.630 bits per heavy atom. The molecule has 0 fully saturated rings. The second-order valence-corrected chi connectivity index (χ2v) is 13.1. The van der Waals surface area contributed by atoms with E-state index in [1.807, 2.05) is 0 Å². The van der Waals surface area contributed by atoms with Crippen molar-refractivity contribution in [2.75, 3.05) is 50.8 Å².